The van der Waals surface area contributed by atoms with Crippen molar-refractivity contribution < 1.29 is 13.9 Å². The summed E-state index contributed by atoms with van der Waals surface area (Å²) >= 11 is 1.63. The number of nitrogens with zero attached hydrogens (tertiary/aromatic N) is 1. The molecule has 5 heteroatoms. The molecule has 1 aliphatic heterocycles. The number of hydrogen-bond acceptors (Lipinski definition) is 3. The molecule has 0 bridgehead atoms. The van der Waals surface area contributed by atoms with Crippen molar-refractivity contribution in [2.75, 3.05) is 32.6 Å². The SMILES string of the molecule is COCCCN1CCSC(c2ccc(F)cc2)C1=O. The number of amides is 1. The molecule has 0 N–H and O–H groups in total. The number of benzene rings is 1. The molecular formula is C14H18FNO2S. The molecule has 1 atom stereocenters. The third-order valence-corrected chi connectivity index (χ3v) is 4.36. The van der Waals surface area contributed by atoms with E-state index in [9.17, 15) is 9.18 Å². The van der Waals surface area contributed by atoms with Crippen molar-refractivity contribution in [2.45, 2.75) is 11.7 Å². The number of thioether (sulfide) groups is 1. The molecule has 1 fully saturated rings. The Kier molecular flexibility index (Phi) is 5.22. The fraction of sp³-hybridized carbons (Fsp3) is 0.500. The van der Waals surface area contributed by atoms with Gasteiger partial charge in [-0.05, 0) is 24.1 Å². The fourth-order valence-corrected chi connectivity index (χ4v) is 3.33. The number of rotatable bonds is 5. The molecule has 0 aromatic heterocycles. The van der Waals surface area contributed by atoms with Crippen LogP contribution in [-0.4, -0.2) is 43.4 Å². The Balaban J connectivity index is 2.01. The first kappa shape index (κ1) is 14.3. The topological polar surface area (TPSA) is 29.5 Å². The Morgan fingerprint density at radius 3 is 2.84 bits per heavy atom. The largest absolute Gasteiger partial charge is 0.385 e. The van der Waals surface area contributed by atoms with Crippen LogP contribution in [0.1, 0.15) is 17.2 Å². The molecule has 0 radical (unpaired) electrons. The second-order valence-corrected chi connectivity index (χ2v) is 5.69. The molecule has 1 saturated heterocycles. The van der Waals surface area contributed by atoms with Gasteiger partial charge >= 0.3 is 0 Å². The number of carbonyl (C=O) groups excluding carboxylic acids is 1. The lowest BCUT2D eigenvalue weighted by molar-refractivity contribution is -0.131. The average Bonchev–Trinajstić information content (AvgIpc) is 2.42. The molecule has 1 heterocycles. The predicted molar refractivity (Wildman–Crippen MR) is 74.7 cm³/mol. The maximum atomic E-state index is 12.9. The Morgan fingerprint density at radius 2 is 2.16 bits per heavy atom. The summed E-state index contributed by atoms with van der Waals surface area (Å²) in [6, 6.07) is 6.22. The second kappa shape index (κ2) is 6.91. The van der Waals surface area contributed by atoms with Crippen molar-refractivity contribution in [1.82, 2.24) is 4.90 Å². The van der Waals surface area contributed by atoms with E-state index in [0.29, 0.717) is 6.61 Å². The Labute approximate surface area is 117 Å². The molecule has 0 spiro atoms. The minimum atomic E-state index is -0.269. The summed E-state index contributed by atoms with van der Waals surface area (Å²) in [4.78, 5) is 14.3. The third-order valence-electron chi connectivity index (χ3n) is 3.13. The molecule has 0 saturated carbocycles. The van der Waals surface area contributed by atoms with Crippen LogP contribution >= 0.6 is 11.8 Å². The van der Waals surface area contributed by atoms with E-state index >= 15 is 0 Å². The Hall–Kier alpha value is -1.07. The molecule has 19 heavy (non-hydrogen) atoms. The van der Waals surface area contributed by atoms with E-state index in [2.05, 4.69) is 0 Å². The summed E-state index contributed by atoms with van der Waals surface area (Å²) in [5, 5.41) is -0.197. The monoisotopic (exact) mass is 283 g/mol. The fourth-order valence-electron chi connectivity index (χ4n) is 2.13. The number of hydrogen-bond donors (Lipinski definition) is 0. The van der Waals surface area contributed by atoms with E-state index in [1.165, 1.54) is 12.1 Å². The van der Waals surface area contributed by atoms with Gasteiger partial charge in [0.2, 0.25) is 5.91 Å². The van der Waals surface area contributed by atoms with Crippen molar-refractivity contribution in [1.29, 1.82) is 0 Å². The Morgan fingerprint density at radius 1 is 1.42 bits per heavy atom. The quantitative estimate of drug-likeness (QED) is 0.778. The van der Waals surface area contributed by atoms with Gasteiger partial charge in [0.25, 0.3) is 0 Å². The molecule has 2 rings (SSSR count). The summed E-state index contributed by atoms with van der Waals surface area (Å²) in [6.45, 7) is 2.17. The molecule has 104 valence electrons. The minimum absolute atomic E-state index is 0.124. The van der Waals surface area contributed by atoms with Crippen LogP contribution < -0.4 is 0 Å². The van der Waals surface area contributed by atoms with Crippen molar-refractivity contribution in [3.8, 4) is 0 Å². The first-order chi connectivity index (χ1) is 9.22. The van der Waals surface area contributed by atoms with Crippen LogP contribution in [-0.2, 0) is 9.53 Å². The van der Waals surface area contributed by atoms with Crippen molar-refractivity contribution in [2.24, 2.45) is 0 Å². The third kappa shape index (κ3) is 3.70. The summed E-state index contributed by atoms with van der Waals surface area (Å²) in [6.07, 6.45) is 0.850. The van der Waals surface area contributed by atoms with Crippen LogP contribution in [0.5, 0.6) is 0 Å². The molecule has 1 aromatic carbocycles. The summed E-state index contributed by atoms with van der Waals surface area (Å²) in [5.74, 6) is 0.772. The highest BCUT2D eigenvalue weighted by atomic mass is 32.2. The number of methoxy groups -OCH3 is 1. The van der Waals surface area contributed by atoms with Gasteiger partial charge in [0, 0.05) is 32.6 Å². The first-order valence-corrected chi connectivity index (χ1v) is 7.42. The molecule has 1 amide bonds. The smallest absolute Gasteiger partial charge is 0.240 e. The lowest BCUT2D eigenvalue weighted by Gasteiger charge is -2.32. The van der Waals surface area contributed by atoms with E-state index in [1.807, 2.05) is 4.90 Å². The zero-order chi connectivity index (χ0) is 13.7. The molecular weight excluding hydrogens is 265 g/mol. The first-order valence-electron chi connectivity index (χ1n) is 6.37. The van der Waals surface area contributed by atoms with Crippen LogP contribution in [0.4, 0.5) is 4.39 Å². The van der Waals surface area contributed by atoms with Crippen LogP contribution in [0.3, 0.4) is 0 Å². The van der Waals surface area contributed by atoms with Gasteiger partial charge in [-0.15, -0.1) is 11.8 Å². The summed E-state index contributed by atoms with van der Waals surface area (Å²) in [5.41, 5.74) is 0.882. The van der Waals surface area contributed by atoms with Gasteiger partial charge in [0.15, 0.2) is 0 Å². The second-order valence-electron chi connectivity index (χ2n) is 4.47. The number of carbonyl (C=O) groups is 1. The standard InChI is InChI=1S/C14H18FNO2S/c1-18-9-2-7-16-8-10-19-13(14(16)17)11-3-5-12(15)6-4-11/h3-6,13H,2,7-10H2,1H3. The molecule has 1 aromatic rings. The molecule has 3 nitrogen and oxygen atoms in total. The van der Waals surface area contributed by atoms with E-state index in [4.69, 9.17) is 4.74 Å². The Bertz CT molecular complexity index is 424. The van der Waals surface area contributed by atoms with Gasteiger partial charge in [-0.3, -0.25) is 4.79 Å². The van der Waals surface area contributed by atoms with Gasteiger partial charge in [0.1, 0.15) is 11.1 Å². The van der Waals surface area contributed by atoms with Gasteiger partial charge in [-0.1, -0.05) is 12.1 Å². The lowest BCUT2D eigenvalue weighted by Crippen LogP contribution is -2.40. The normalized spacial score (nSPS) is 19.8. The molecule has 1 aliphatic rings. The van der Waals surface area contributed by atoms with Crippen LogP contribution in [0.2, 0.25) is 0 Å². The molecule has 0 aliphatic carbocycles. The zero-order valence-corrected chi connectivity index (χ0v) is 11.8. The maximum absolute atomic E-state index is 12.9. The van der Waals surface area contributed by atoms with Gasteiger partial charge in [-0.2, -0.15) is 0 Å². The van der Waals surface area contributed by atoms with E-state index in [1.54, 1.807) is 31.0 Å². The van der Waals surface area contributed by atoms with E-state index in [-0.39, 0.29) is 17.0 Å². The number of ether oxygens (including phenoxy) is 1. The van der Waals surface area contributed by atoms with Crippen molar-refractivity contribution in [3.05, 3.63) is 35.6 Å². The van der Waals surface area contributed by atoms with E-state index in [0.717, 1.165) is 30.8 Å². The van der Waals surface area contributed by atoms with Crippen molar-refractivity contribution >= 4 is 17.7 Å². The van der Waals surface area contributed by atoms with Gasteiger partial charge in [-0.25, -0.2) is 4.39 Å². The summed E-state index contributed by atoms with van der Waals surface area (Å²) in [7, 11) is 1.66. The van der Waals surface area contributed by atoms with Gasteiger partial charge in [0.05, 0.1) is 0 Å². The van der Waals surface area contributed by atoms with Crippen LogP contribution in [0, 0.1) is 5.82 Å². The zero-order valence-electron chi connectivity index (χ0n) is 11.0. The van der Waals surface area contributed by atoms with E-state index < -0.39 is 0 Å². The van der Waals surface area contributed by atoms with Gasteiger partial charge < -0.3 is 9.64 Å². The highest BCUT2D eigenvalue weighted by Gasteiger charge is 2.30. The average molecular weight is 283 g/mol. The number of halogens is 1. The maximum Gasteiger partial charge on any atom is 0.240 e. The summed E-state index contributed by atoms with van der Waals surface area (Å²) < 4.78 is 17.9. The minimum Gasteiger partial charge on any atom is -0.385 e. The highest BCUT2D eigenvalue weighted by molar-refractivity contribution is 8.00. The van der Waals surface area contributed by atoms with Crippen LogP contribution in [0.25, 0.3) is 0 Å². The van der Waals surface area contributed by atoms with Crippen LogP contribution in [0.15, 0.2) is 24.3 Å². The molecule has 1 unspecified atom stereocenters. The van der Waals surface area contributed by atoms with Crippen molar-refractivity contribution in [3.63, 3.8) is 0 Å². The lowest BCUT2D eigenvalue weighted by atomic mass is 10.1. The predicted octanol–water partition coefficient (Wildman–Crippen LogP) is 2.48. The highest BCUT2D eigenvalue weighted by Crippen LogP contribution is 2.34.